The van der Waals surface area contributed by atoms with Crippen molar-refractivity contribution in [1.29, 1.82) is 0 Å². The molecule has 0 amide bonds. The summed E-state index contributed by atoms with van der Waals surface area (Å²) in [5.41, 5.74) is 0.517. The molecule has 0 spiro atoms. The third-order valence-electron chi connectivity index (χ3n) is 1.89. The van der Waals surface area contributed by atoms with E-state index in [4.69, 9.17) is 21.4 Å². The smallest absolute Gasteiger partial charge is 0.150 e. The van der Waals surface area contributed by atoms with Crippen LogP contribution in [0, 0.1) is 0 Å². The molecule has 4 heteroatoms. The highest BCUT2D eigenvalue weighted by Gasteiger charge is 2.03. The van der Waals surface area contributed by atoms with Gasteiger partial charge in [0.25, 0.3) is 0 Å². The van der Waals surface area contributed by atoms with Gasteiger partial charge in [0, 0.05) is 12.0 Å². The monoisotopic (exact) mass is 228 g/mol. The second kappa shape index (κ2) is 5.73. The SMILES string of the molecule is CC(O)CCOc1ccc(C=O)cc1Cl. The first-order chi connectivity index (χ1) is 7.13. The summed E-state index contributed by atoms with van der Waals surface area (Å²) in [6.45, 7) is 2.10. The molecular formula is C11H13ClO3. The molecule has 1 N–H and O–H groups in total. The van der Waals surface area contributed by atoms with Crippen molar-refractivity contribution >= 4 is 17.9 Å². The fourth-order valence-electron chi connectivity index (χ4n) is 1.05. The van der Waals surface area contributed by atoms with Crippen LogP contribution < -0.4 is 4.74 Å². The maximum atomic E-state index is 10.4. The van der Waals surface area contributed by atoms with Crippen molar-refractivity contribution in [1.82, 2.24) is 0 Å². The number of benzene rings is 1. The van der Waals surface area contributed by atoms with Crippen molar-refractivity contribution < 1.29 is 14.6 Å². The van der Waals surface area contributed by atoms with Crippen LogP contribution in [0.1, 0.15) is 23.7 Å². The molecule has 0 aliphatic heterocycles. The maximum Gasteiger partial charge on any atom is 0.150 e. The van der Waals surface area contributed by atoms with Crippen LogP contribution in [0.25, 0.3) is 0 Å². The first-order valence-electron chi connectivity index (χ1n) is 4.69. The molecule has 0 fully saturated rings. The molecule has 15 heavy (non-hydrogen) atoms. The van der Waals surface area contributed by atoms with Crippen LogP contribution in [0.4, 0.5) is 0 Å². The van der Waals surface area contributed by atoms with Gasteiger partial charge in [0.1, 0.15) is 12.0 Å². The average Bonchev–Trinajstić information content (AvgIpc) is 2.20. The van der Waals surface area contributed by atoms with Crippen LogP contribution in [0.3, 0.4) is 0 Å². The van der Waals surface area contributed by atoms with E-state index in [0.717, 1.165) is 6.29 Å². The van der Waals surface area contributed by atoms with Gasteiger partial charge in [-0.3, -0.25) is 4.79 Å². The van der Waals surface area contributed by atoms with Gasteiger partial charge >= 0.3 is 0 Å². The van der Waals surface area contributed by atoms with Crippen LogP contribution in [-0.4, -0.2) is 24.1 Å². The Morgan fingerprint density at radius 1 is 1.60 bits per heavy atom. The van der Waals surface area contributed by atoms with E-state index in [0.29, 0.717) is 29.4 Å². The molecule has 0 radical (unpaired) electrons. The lowest BCUT2D eigenvalue weighted by Crippen LogP contribution is -2.07. The van der Waals surface area contributed by atoms with E-state index in [1.54, 1.807) is 25.1 Å². The summed E-state index contributed by atoms with van der Waals surface area (Å²) in [5, 5.41) is 9.43. The molecule has 1 aromatic carbocycles. The Kier molecular flexibility index (Phi) is 4.59. The lowest BCUT2D eigenvalue weighted by atomic mass is 10.2. The molecule has 1 rings (SSSR count). The minimum Gasteiger partial charge on any atom is -0.492 e. The summed E-state index contributed by atoms with van der Waals surface area (Å²) >= 11 is 5.88. The molecule has 1 aromatic rings. The van der Waals surface area contributed by atoms with Gasteiger partial charge in [-0.1, -0.05) is 11.6 Å². The largest absolute Gasteiger partial charge is 0.492 e. The molecule has 0 aromatic heterocycles. The van der Waals surface area contributed by atoms with E-state index in [1.807, 2.05) is 0 Å². The lowest BCUT2D eigenvalue weighted by Gasteiger charge is -2.09. The minimum atomic E-state index is -0.391. The minimum absolute atomic E-state index is 0.391. The molecule has 0 saturated heterocycles. The Hall–Kier alpha value is -1.06. The molecule has 3 nitrogen and oxygen atoms in total. The standard InChI is InChI=1S/C11H13ClO3/c1-8(14)4-5-15-11-3-2-9(7-13)6-10(11)12/h2-3,6-8,14H,4-5H2,1H3. The van der Waals surface area contributed by atoms with Gasteiger partial charge in [0.15, 0.2) is 0 Å². The number of aliphatic hydroxyl groups is 1. The topological polar surface area (TPSA) is 46.5 Å². The Balaban J connectivity index is 2.58. The van der Waals surface area contributed by atoms with E-state index in [-0.39, 0.29) is 0 Å². The summed E-state index contributed by atoms with van der Waals surface area (Å²) in [6.07, 6.45) is 0.884. The predicted molar refractivity (Wildman–Crippen MR) is 58.6 cm³/mol. The predicted octanol–water partition coefficient (Wildman–Crippen LogP) is 2.30. The van der Waals surface area contributed by atoms with E-state index >= 15 is 0 Å². The van der Waals surface area contributed by atoms with E-state index in [9.17, 15) is 4.79 Å². The van der Waals surface area contributed by atoms with Crippen molar-refractivity contribution in [3.63, 3.8) is 0 Å². The second-order valence-corrected chi connectivity index (χ2v) is 3.70. The fraction of sp³-hybridized carbons (Fsp3) is 0.364. The van der Waals surface area contributed by atoms with Crippen molar-refractivity contribution in [2.75, 3.05) is 6.61 Å². The summed E-state index contributed by atoms with van der Waals surface area (Å²) in [7, 11) is 0. The zero-order valence-electron chi connectivity index (χ0n) is 8.44. The normalized spacial score (nSPS) is 12.2. The van der Waals surface area contributed by atoms with Gasteiger partial charge in [-0.25, -0.2) is 0 Å². The van der Waals surface area contributed by atoms with Crippen molar-refractivity contribution in [2.24, 2.45) is 0 Å². The van der Waals surface area contributed by atoms with Crippen molar-refractivity contribution in [3.8, 4) is 5.75 Å². The van der Waals surface area contributed by atoms with Gasteiger partial charge in [-0.05, 0) is 25.1 Å². The Bertz CT molecular complexity index is 337. The number of ether oxygens (including phenoxy) is 1. The Morgan fingerprint density at radius 3 is 2.87 bits per heavy atom. The molecule has 1 atom stereocenters. The van der Waals surface area contributed by atoms with Crippen LogP contribution in [0.5, 0.6) is 5.75 Å². The molecule has 0 saturated carbocycles. The molecule has 0 aliphatic rings. The third kappa shape index (κ3) is 3.90. The van der Waals surface area contributed by atoms with Crippen molar-refractivity contribution in [3.05, 3.63) is 28.8 Å². The number of halogens is 1. The number of aliphatic hydroxyl groups excluding tert-OH is 1. The highest BCUT2D eigenvalue weighted by Crippen LogP contribution is 2.24. The summed E-state index contributed by atoms with van der Waals surface area (Å²) in [5.74, 6) is 0.530. The third-order valence-corrected chi connectivity index (χ3v) is 2.18. The summed E-state index contributed by atoms with van der Waals surface area (Å²) in [4.78, 5) is 10.4. The summed E-state index contributed by atoms with van der Waals surface area (Å²) in [6, 6.07) is 4.83. The highest BCUT2D eigenvalue weighted by atomic mass is 35.5. The quantitative estimate of drug-likeness (QED) is 0.787. The molecule has 82 valence electrons. The average molecular weight is 229 g/mol. The zero-order chi connectivity index (χ0) is 11.3. The van der Waals surface area contributed by atoms with E-state index < -0.39 is 6.10 Å². The van der Waals surface area contributed by atoms with Crippen molar-refractivity contribution in [2.45, 2.75) is 19.4 Å². The number of rotatable bonds is 5. The van der Waals surface area contributed by atoms with Gasteiger partial charge in [-0.2, -0.15) is 0 Å². The molecule has 0 heterocycles. The summed E-state index contributed by atoms with van der Waals surface area (Å²) < 4.78 is 5.34. The molecule has 0 aliphatic carbocycles. The second-order valence-electron chi connectivity index (χ2n) is 3.29. The number of hydrogen-bond acceptors (Lipinski definition) is 3. The first kappa shape index (κ1) is 12.0. The molecular weight excluding hydrogens is 216 g/mol. The van der Waals surface area contributed by atoms with E-state index in [2.05, 4.69) is 0 Å². The molecule has 0 bridgehead atoms. The van der Waals surface area contributed by atoms with Gasteiger partial charge < -0.3 is 9.84 Å². The lowest BCUT2D eigenvalue weighted by molar-refractivity contribution is 0.112. The first-order valence-corrected chi connectivity index (χ1v) is 5.07. The van der Waals surface area contributed by atoms with Crippen LogP contribution in [0.2, 0.25) is 5.02 Å². The van der Waals surface area contributed by atoms with Crippen LogP contribution in [0.15, 0.2) is 18.2 Å². The number of aldehydes is 1. The van der Waals surface area contributed by atoms with Gasteiger partial charge in [-0.15, -0.1) is 0 Å². The maximum absolute atomic E-state index is 10.4. The zero-order valence-corrected chi connectivity index (χ0v) is 9.20. The number of hydrogen-bond donors (Lipinski definition) is 1. The molecule has 1 unspecified atom stereocenters. The van der Waals surface area contributed by atoms with Gasteiger partial charge in [0.2, 0.25) is 0 Å². The number of carbonyl (C=O) groups excluding carboxylic acids is 1. The van der Waals surface area contributed by atoms with E-state index in [1.165, 1.54) is 0 Å². The van der Waals surface area contributed by atoms with Gasteiger partial charge in [0.05, 0.1) is 17.7 Å². The number of carbonyl (C=O) groups is 1. The highest BCUT2D eigenvalue weighted by molar-refractivity contribution is 6.32. The van der Waals surface area contributed by atoms with Crippen LogP contribution in [-0.2, 0) is 0 Å². The Morgan fingerprint density at radius 2 is 2.33 bits per heavy atom. The van der Waals surface area contributed by atoms with Crippen LogP contribution >= 0.6 is 11.6 Å². The fourth-order valence-corrected chi connectivity index (χ4v) is 1.29. The Labute approximate surface area is 93.6 Å².